The summed E-state index contributed by atoms with van der Waals surface area (Å²) in [7, 11) is 0. The summed E-state index contributed by atoms with van der Waals surface area (Å²) in [5.41, 5.74) is -0.815. The summed E-state index contributed by atoms with van der Waals surface area (Å²) in [5, 5.41) is 7.45. The Kier molecular flexibility index (Phi) is 4.64. The number of nitrogens with zero attached hydrogens (tertiary/aromatic N) is 5. The molecule has 0 bridgehead atoms. The van der Waals surface area contributed by atoms with Gasteiger partial charge in [-0.05, 0) is 70.1 Å². The summed E-state index contributed by atoms with van der Waals surface area (Å²) >= 11 is 3.21. The lowest BCUT2D eigenvalue weighted by molar-refractivity contribution is 0.0828. The van der Waals surface area contributed by atoms with Gasteiger partial charge in [0.2, 0.25) is 0 Å². The van der Waals surface area contributed by atoms with Gasteiger partial charge in [-0.2, -0.15) is 4.68 Å². The SMILES string of the molecule is O=C(N1CCCC2CCCCC21)n1nnn(-c2c(F)cccc2Br)c1=O. The van der Waals surface area contributed by atoms with Crippen LogP contribution in [0.3, 0.4) is 0 Å². The van der Waals surface area contributed by atoms with Crippen molar-refractivity contribution in [2.24, 2.45) is 5.92 Å². The second-order valence-corrected chi connectivity index (χ2v) is 7.74. The Hall–Kier alpha value is -2.03. The Morgan fingerprint density at radius 2 is 1.92 bits per heavy atom. The highest BCUT2D eigenvalue weighted by molar-refractivity contribution is 9.10. The van der Waals surface area contributed by atoms with E-state index in [4.69, 9.17) is 0 Å². The Morgan fingerprint density at radius 1 is 1.15 bits per heavy atom. The normalized spacial score (nSPS) is 22.9. The number of tetrazole rings is 1. The number of piperidine rings is 1. The fourth-order valence-electron chi connectivity index (χ4n) is 4.18. The first-order valence-corrected chi connectivity index (χ1v) is 9.67. The summed E-state index contributed by atoms with van der Waals surface area (Å²) in [6.07, 6.45) is 6.42. The van der Waals surface area contributed by atoms with Crippen LogP contribution in [0.4, 0.5) is 9.18 Å². The van der Waals surface area contributed by atoms with Crippen LogP contribution in [-0.4, -0.2) is 43.3 Å². The standard InChI is InChI=1S/C17H19BrFN5O2/c18-12-7-3-8-13(19)15(12)23-17(26)24(21-20-23)16(25)22-10-4-6-11-5-1-2-9-14(11)22/h3,7-8,11,14H,1-2,4-6,9-10H2. The number of carbonyl (C=O) groups excluding carboxylic acids is 1. The van der Waals surface area contributed by atoms with Gasteiger partial charge in [0.05, 0.1) is 0 Å². The van der Waals surface area contributed by atoms with Gasteiger partial charge in [-0.15, -0.1) is 4.68 Å². The van der Waals surface area contributed by atoms with E-state index >= 15 is 0 Å². The van der Waals surface area contributed by atoms with Crippen LogP contribution in [0.5, 0.6) is 0 Å². The number of rotatable bonds is 1. The first-order valence-electron chi connectivity index (χ1n) is 8.88. The van der Waals surface area contributed by atoms with E-state index in [-0.39, 0.29) is 11.7 Å². The van der Waals surface area contributed by atoms with E-state index in [2.05, 4.69) is 26.4 Å². The predicted molar refractivity (Wildman–Crippen MR) is 95.8 cm³/mol. The highest BCUT2D eigenvalue weighted by atomic mass is 79.9. The molecule has 2 atom stereocenters. The molecule has 1 aromatic heterocycles. The molecule has 2 aliphatic rings. The Bertz CT molecular complexity index is 873. The molecule has 1 aliphatic heterocycles. The highest BCUT2D eigenvalue weighted by Gasteiger charge is 2.37. The lowest BCUT2D eigenvalue weighted by atomic mass is 9.78. The third kappa shape index (κ3) is 2.87. The number of fused-ring (bicyclic) bond motifs is 1. The molecule has 1 saturated carbocycles. The third-order valence-corrected chi connectivity index (χ3v) is 6.04. The number of benzene rings is 1. The molecule has 9 heteroatoms. The number of carbonyl (C=O) groups is 1. The lowest BCUT2D eigenvalue weighted by Crippen LogP contribution is -2.52. The van der Waals surface area contributed by atoms with E-state index in [0.717, 1.165) is 41.5 Å². The van der Waals surface area contributed by atoms with Crippen LogP contribution in [0, 0.1) is 11.7 Å². The fraction of sp³-hybridized carbons (Fsp3) is 0.529. The van der Waals surface area contributed by atoms with Gasteiger partial charge in [-0.25, -0.2) is 14.0 Å². The zero-order valence-corrected chi connectivity index (χ0v) is 15.7. The van der Waals surface area contributed by atoms with Gasteiger partial charge in [-0.1, -0.05) is 18.9 Å². The number of hydrogen-bond acceptors (Lipinski definition) is 4. The molecular weight excluding hydrogens is 405 g/mol. The van der Waals surface area contributed by atoms with Crippen molar-refractivity contribution < 1.29 is 9.18 Å². The number of hydrogen-bond donors (Lipinski definition) is 0. The molecule has 0 spiro atoms. The summed E-state index contributed by atoms with van der Waals surface area (Å²) in [6.45, 7) is 0.614. The summed E-state index contributed by atoms with van der Waals surface area (Å²) in [4.78, 5) is 27.4. The van der Waals surface area contributed by atoms with Crippen molar-refractivity contribution in [2.45, 2.75) is 44.6 Å². The first-order chi connectivity index (χ1) is 12.6. The van der Waals surface area contributed by atoms with Crippen LogP contribution in [0.25, 0.3) is 5.69 Å². The Labute approximate surface area is 157 Å². The zero-order valence-electron chi connectivity index (χ0n) is 14.1. The van der Waals surface area contributed by atoms with E-state index in [1.807, 2.05) is 0 Å². The number of amides is 1. The Morgan fingerprint density at radius 3 is 2.73 bits per heavy atom. The van der Waals surface area contributed by atoms with Gasteiger partial charge in [0.25, 0.3) is 0 Å². The quantitative estimate of drug-likeness (QED) is 0.660. The Balaban J connectivity index is 1.68. The second-order valence-electron chi connectivity index (χ2n) is 6.89. The number of aromatic nitrogens is 4. The molecule has 1 saturated heterocycles. The van der Waals surface area contributed by atoms with E-state index in [0.29, 0.717) is 16.9 Å². The van der Waals surface area contributed by atoms with Crippen molar-refractivity contribution in [3.8, 4) is 5.69 Å². The largest absolute Gasteiger partial charge is 0.377 e. The molecule has 1 aliphatic carbocycles. The lowest BCUT2D eigenvalue weighted by Gasteiger charge is -2.43. The zero-order chi connectivity index (χ0) is 18.3. The van der Waals surface area contributed by atoms with Gasteiger partial charge in [0.15, 0.2) is 0 Å². The van der Waals surface area contributed by atoms with E-state index in [1.54, 1.807) is 11.0 Å². The van der Waals surface area contributed by atoms with E-state index in [9.17, 15) is 14.0 Å². The van der Waals surface area contributed by atoms with Gasteiger partial charge in [0.1, 0.15) is 11.5 Å². The predicted octanol–water partition coefficient (Wildman–Crippen LogP) is 2.95. The van der Waals surface area contributed by atoms with Gasteiger partial charge in [-0.3, -0.25) is 0 Å². The average Bonchev–Trinajstić information content (AvgIpc) is 3.02. The molecule has 2 aromatic rings. The van der Waals surface area contributed by atoms with Crippen molar-refractivity contribution in [1.82, 2.24) is 24.7 Å². The molecule has 2 fully saturated rings. The molecule has 2 heterocycles. The summed E-state index contributed by atoms with van der Waals surface area (Å²) in [5.74, 6) is -0.126. The second kappa shape index (κ2) is 6.94. The molecule has 2 unspecified atom stereocenters. The minimum absolute atomic E-state index is 0.0502. The van der Waals surface area contributed by atoms with Crippen LogP contribution >= 0.6 is 15.9 Å². The molecule has 0 N–H and O–H groups in total. The topological polar surface area (TPSA) is 73.0 Å². The highest BCUT2D eigenvalue weighted by Crippen LogP contribution is 2.35. The number of para-hydroxylation sites is 1. The maximum atomic E-state index is 14.1. The van der Waals surface area contributed by atoms with Crippen molar-refractivity contribution in [2.75, 3.05) is 6.54 Å². The minimum atomic E-state index is -0.765. The fourth-order valence-corrected chi connectivity index (χ4v) is 4.69. The van der Waals surface area contributed by atoms with E-state index in [1.165, 1.54) is 18.6 Å². The van der Waals surface area contributed by atoms with Crippen LogP contribution in [0.15, 0.2) is 27.5 Å². The van der Waals surface area contributed by atoms with E-state index < -0.39 is 17.5 Å². The van der Waals surface area contributed by atoms with Crippen molar-refractivity contribution in [3.05, 3.63) is 39.0 Å². The molecular formula is C17H19BrFN5O2. The molecule has 7 nitrogen and oxygen atoms in total. The van der Waals surface area contributed by atoms with Crippen LogP contribution < -0.4 is 5.69 Å². The van der Waals surface area contributed by atoms with Crippen molar-refractivity contribution >= 4 is 22.0 Å². The molecule has 4 rings (SSSR count). The maximum Gasteiger partial charge on any atom is 0.377 e. The maximum absolute atomic E-state index is 14.1. The molecule has 138 valence electrons. The van der Waals surface area contributed by atoms with Gasteiger partial charge in [0, 0.05) is 17.1 Å². The van der Waals surface area contributed by atoms with Gasteiger partial charge < -0.3 is 4.90 Å². The number of likely N-dealkylation sites (tertiary alicyclic amines) is 1. The third-order valence-electron chi connectivity index (χ3n) is 5.40. The van der Waals surface area contributed by atoms with Gasteiger partial charge >= 0.3 is 11.7 Å². The van der Waals surface area contributed by atoms with Crippen molar-refractivity contribution in [3.63, 3.8) is 0 Å². The minimum Gasteiger partial charge on any atom is -0.319 e. The molecule has 26 heavy (non-hydrogen) atoms. The smallest absolute Gasteiger partial charge is 0.319 e. The average molecular weight is 424 g/mol. The van der Waals surface area contributed by atoms with Crippen LogP contribution in [0.1, 0.15) is 38.5 Å². The summed E-state index contributed by atoms with van der Waals surface area (Å²) < 4.78 is 16.1. The monoisotopic (exact) mass is 423 g/mol. The molecule has 1 aromatic carbocycles. The first kappa shape index (κ1) is 17.4. The van der Waals surface area contributed by atoms with Crippen LogP contribution in [-0.2, 0) is 0 Å². The number of halogens is 2. The van der Waals surface area contributed by atoms with Crippen molar-refractivity contribution in [1.29, 1.82) is 0 Å². The molecule has 0 radical (unpaired) electrons. The summed E-state index contributed by atoms with van der Waals surface area (Å²) in [6, 6.07) is 4.03. The van der Waals surface area contributed by atoms with Crippen LogP contribution in [0.2, 0.25) is 0 Å². The molecule has 1 amide bonds.